The molecule has 0 bridgehead atoms. The minimum absolute atomic E-state index is 0.0116. The molecule has 17 heavy (non-hydrogen) atoms. The summed E-state index contributed by atoms with van der Waals surface area (Å²) in [6.45, 7) is 0.192. The first-order valence-corrected chi connectivity index (χ1v) is 6.99. The van der Waals surface area contributed by atoms with Crippen molar-refractivity contribution in [3.8, 4) is 5.75 Å². The topological polar surface area (TPSA) is 69.4 Å². The molecule has 1 aromatic rings. The molecular formula is C11H14FNO3S. The zero-order valence-corrected chi connectivity index (χ0v) is 10.3. The largest absolute Gasteiger partial charge is 0.494 e. The van der Waals surface area contributed by atoms with E-state index in [9.17, 15) is 12.8 Å². The van der Waals surface area contributed by atoms with Gasteiger partial charge in [-0.3, -0.25) is 0 Å². The summed E-state index contributed by atoms with van der Waals surface area (Å²) in [4.78, 5) is 0. The molecule has 2 rings (SSSR count). The van der Waals surface area contributed by atoms with E-state index in [1.807, 2.05) is 0 Å². The zero-order valence-electron chi connectivity index (χ0n) is 9.44. The van der Waals surface area contributed by atoms with Crippen LogP contribution in [0.5, 0.6) is 5.75 Å². The third-order valence-corrected chi connectivity index (χ3v) is 5.13. The molecule has 0 saturated carbocycles. The molecule has 0 spiro atoms. The van der Waals surface area contributed by atoms with Crippen LogP contribution in [0.15, 0.2) is 18.2 Å². The van der Waals surface area contributed by atoms with Crippen LogP contribution in [-0.2, 0) is 15.3 Å². The quantitative estimate of drug-likeness (QED) is 0.856. The molecule has 0 aliphatic carbocycles. The van der Waals surface area contributed by atoms with Gasteiger partial charge in [-0.15, -0.1) is 0 Å². The molecule has 6 heteroatoms. The van der Waals surface area contributed by atoms with E-state index in [4.69, 9.17) is 10.5 Å². The highest BCUT2D eigenvalue weighted by atomic mass is 32.2. The predicted octanol–water partition coefficient (Wildman–Crippen LogP) is 0.459. The summed E-state index contributed by atoms with van der Waals surface area (Å²) in [6, 6.07) is 4.47. The second kappa shape index (κ2) is 3.96. The van der Waals surface area contributed by atoms with Crippen molar-refractivity contribution in [2.45, 2.75) is 5.41 Å². The Labute approximate surface area is 99.5 Å². The van der Waals surface area contributed by atoms with Gasteiger partial charge in [0.05, 0.1) is 18.6 Å². The van der Waals surface area contributed by atoms with Crippen LogP contribution in [0.4, 0.5) is 4.39 Å². The lowest BCUT2D eigenvalue weighted by Gasteiger charge is -2.40. The van der Waals surface area contributed by atoms with E-state index in [1.54, 1.807) is 6.07 Å². The average molecular weight is 259 g/mol. The zero-order chi connectivity index (χ0) is 12.7. The maximum absolute atomic E-state index is 13.6. The van der Waals surface area contributed by atoms with Crippen molar-refractivity contribution < 1.29 is 17.5 Å². The molecule has 0 radical (unpaired) electrons. The third-order valence-electron chi connectivity index (χ3n) is 3.15. The number of hydrogen-bond acceptors (Lipinski definition) is 4. The van der Waals surface area contributed by atoms with Crippen molar-refractivity contribution in [3.05, 3.63) is 29.6 Å². The van der Waals surface area contributed by atoms with Gasteiger partial charge in [-0.05, 0) is 17.7 Å². The van der Waals surface area contributed by atoms with Gasteiger partial charge in [0.1, 0.15) is 0 Å². The maximum atomic E-state index is 13.6. The SMILES string of the molecule is COc1ccc(C2(CN)CS(=O)(=O)C2)cc1F. The van der Waals surface area contributed by atoms with Crippen molar-refractivity contribution in [2.24, 2.45) is 5.73 Å². The number of methoxy groups -OCH3 is 1. The van der Waals surface area contributed by atoms with Crippen molar-refractivity contribution >= 4 is 9.84 Å². The van der Waals surface area contributed by atoms with Gasteiger partial charge in [0.25, 0.3) is 0 Å². The molecule has 1 heterocycles. The van der Waals surface area contributed by atoms with Gasteiger partial charge in [0, 0.05) is 12.0 Å². The Bertz CT molecular complexity index is 530. The van der Waals surface area contributed by atoms with Gasteiger partial charge in [0.15, 0.2) is 21.4 Å². The first-order chi connectivity index (χ1) is 7.92. The van der Waals surface area contributed by atoms with Crippen LogP contribution < -0.4 is 10.5 Å². The molecule has 1 aliphatic heterocycles. The summed E-state index contributed by atoms with van der Waals surface area (Å²) < 4.78 is 40.9. The Kier molecular flexibility index (Phi) is 2.87. The van der Waals surface area contributed by atoms with Crippen LogP contribution in [0.1, 0.15) is 5.56 Å². The summed E-state index contributed by atoms with van der Waals surface area (Å²) in [5.74, 6) is -0.380. The number of nitrogens with two attached hydrogens (primary N) is 1. The molecule has 0 aromatic heterocycles. The monoisotopic (exact) mass is 259 g/mol. The van der Waals surface area contributed by atoms with Gasteiger partial charge in [-0.1, -0.05) is 6.07 Å². The fourth-order valence-corrected chi connectivity index (χ4v) is 4.37. The summed E-state index contributed by atoms with van der Waals surface area (Å²) in [7, 11) is -1.63. The third kappa shape index (κ3) is 2.02. The molecule has 0 unspecified atom stereocenters. The average Bonchev–Trinajstić information content (AvgIpc) is 2.25. The van der Waals surface area contributed by atoms with Crippen molar-refractivity contribution in [1.29, 1.82) is 0 Å². The van der Waals surface area contributed by atoms with Gasteiger partial charge >= 0.3 is 0 Å². The number of ether oxygens (including phenoxy) is 1. The lowest BCUT2D eigenvalue weighted by Crippen LogP contribution is -2.56. The fourth-order valence-electron chi connectivity index (χ4n) is 2.20. The summed E-state index contributed by atoms with van der Waals surface area (Å²) in [5, 5.41) is 0. The van der Waals surface area contributed by atoms with Gasteiger partial charge in [-0.2, -0.15) is 0 Å². The molecule has 1 aromatic carbocycles. The molecule has 2 N–H and O–H groups in total. The highest BCUT2D eigenvalue weighted by molar-refractivity contribution is 7.93. The van der Waals surface area contributed by atoms with E-state index in [2.05, 4.69) is 0 Å². The van der Waals surface area contributed by atoms with Crippen molar-refractivity contribution in [1.82, 2.24) is 0 Å². The minimum Gasteiger partial charge on any atom is -0.494 e. The van der Waals surface area contributed by atoms with Crippen molar-refractivity contribution in [2.75, 3.05) is 25.2 Å². The number of hydrogen-bond donors (Lipinski definition) is 1. The van der Waals surface area contributed by atoms with Crippen LogP contribution in [0.3, 0.4) is 0 Å². The molecule has 1 saturated heterocycles. The predicted molar refractivity (Wildman–Crippen MR) is 62.3 cm³/mol. The van der Waals surface area contributed by atoms with E-state index >= 15 is 0 Å². The van der Waals surface area contributed by atoms with Gasteiger partial charge in [-0.25, -0.2) is 12.8 Å². The number of benzene rings is 1. The van der Waals surface area contributed by atoms with E-state index in [-0.39, 0.29) is 23.8 Å². The van der Waals surface area contributed by atoms with Gasteiger partial charge < -0.3 is 10.5 Å². The van der Waals surface area contributed by atoms with Crippen LogP contribution in [0, 0.1) is 5.82 Å². The first-order valence-electron chi connectivity index (χ1n) is 5.17. The second-order valence-corrected chi connectivity index (χ2v) is 6.43. The highest BCUT2D eigenvalue weighted by Crippen LogP contribution is 2.37. The number of halogens is 1. The lowest BCUT2D eigenvalue weighted by molar-refractivity contribution is 0.384. The van der Waals surface area contributed by atoms with E-state index < -0.39 is 21.1 Å². The van der Waals surface area contributed by atoms with Crippen LogP contribution in [0.2, 0.25) is 0 Å². The molecule has 94 valence electrons. The van der Waals surface area contributed by atoms with Crippen molar-refractivity contribution in [3.63, 3.8) is 0 Å². The molecular weight excluding hydrogens is 245 g/mol. The Morgan fingerprint density at radius 2 is 2.12 bits per heavy atom. The number of sulfone groups is 1. The Hall–Kier alpha value is -1.14. The van der Waals surface area contributed by atoms with Crippen LogP contribution >= 0.6 is 0 Å². The molecule has 1 fully saturated rings. The second-order valence-electron chi connectivity index (χ2n) is 4.37. The molecule has 4 nitrogen and oxygen atoms in total. The molecule has 1 aliphatic rings. The molecule has 0 atom stereocenters. The Morgan fingerprint density at radius 1 is 1.47 bits per heavy atom. The van der Waals surface area contributed by atoms with E-state index in [0.717, 1.165) is 0 Å². The Balaban J connectivity index is 2.37. The smallest absolute Gasteiger partial charge is 0.165 e. The lowest BCUT2D eigenvalue weighted by atomic mass is 9.83. The van der Waals surface area contributed by atoms with Crippen LogP contribution in [0.25, 0.3) is 0 Å². The first kappa shape index (κ1) is 12.3. The fraction of sp³-hybridized carbons (Fsp3) is 0.455. The van der Waals surface area contributed by atoms with Gasteiger partial charge in [0.2, 0.25) is 0 Å². The minimum atomic E-state index is -3.01. The summed E-state index contributed by atoms with van der Waals surface area (Å²) >= 11 is 0. The number of rotatable bonds is 3. The van der Waals surface area contributed by atoms with E-state index in [1.165, 1.54) is 19.2 Å². The maximum Gasteiger partial charge on any atom is 0.165 e. The normalized spacial score (nSPS) is 20.6. The summed E-state index contributed by atoms with van der Waals surface area (Å²) in [5.41, 5.74) is 5.61. The van der Waals surface area contributed by atoms with E-state index in [0.29, 0.717) is 5.56 Å². The molecule has 0 amide bonds. The standard InChI is InChI=1S/C11H14FNO3S/c1-16-10-3-2-8(4-9(10)12)11(5-13)6-17(14,15)7-11/h2-4H,5-7,13H2,1H3. The Morgan fingerprint density at radius 3 is 2.53 bits per heavy atom. The highest BCUT2D eigenvalue weighted by Gasteiger charge is 2.48. The summed E-state index contributed by atoms with van der Waals surface area (Å²) in [6.07, 6.45) is 0. The van der Waals surface area contributed by atoms with Crippen LogP contribution in [-0.4, -0.2) is 33.6 Å².